The van der Waals surface area contributed by atoms with Crippen molar-refractivity contribution in [2.24, 2.45) is 7.05 Å². The molecule has 0 aliphatic carbocycles. The summed E-state index contributed by atoms with van der Waals surface area (Å²) in [6.07, 6.45) is 3.62. The quantitative estimate of drug-likeness (QED) is 0.276. The SMILES string of the molecule is CCCC(=O)n1c(-c2ccccc2)c2cc/c(=C\c3sc4ccccc4[n+]3C)c3cccc1c23. The predicted molar refractivity (Wildman–Crippen MR) is 142 cm³/mol. The summed E-state index contributed by atoms with van der Waals surface area (Å²) in [6, 6.07) is 29.5. The van der Waals surface area contributed by atoms with Gasteiger partial charge in [0.15, 0.2) is 0 Å². The normalized spacial score (nSPS) is 12.4. The number of fused-ring (bicyclic) bond motifs is 1. The summed E-state index contributed by atoms with van der Waals surface area (Å²) in [4.78, 5) is 13.4. The van der Waals surface area contributed by atoms with E-state index in [9.17, 15) is 4.79 Å². The van der Waals surface area contributed by atoms with Gasteiger partial charge in [-0.2, -0.15) is 4.57 Å². The first-order valence-corrected chi connectivity index (χ1v) is 12.5. The van der Waals surface area contributed by atoms with Gasteiger partial charge in [-0.05, 0) is 34.7 Å². The zero-order valence-corrected chi connectivity index (χ0v) is 20.1. The first kappa shape index (κ1) is 20.8. The van der Waals surface area contributed by atoms with Gasteiger partial charge in [0.2, 0.25) is 11.4 Å². The van der Waals surface area contributed by atoms with Crippen molar-refractivity contribution in [1.29, 1.82) is 0 Å². The maximum absolute atomic E-state index is 13.4. The number of carbonyl (C=O) groups excluding carboxylic acids is 1. The second kappa shape index (κ2) is 8.23. The molecule has 0 amide bonds. The molecule has 3 nitrogen and oxygen atoms in total. The van der Waals surface area contributed by atoms with E-state index < -0.39 is 0 Å². The van der Waals surface area contributed by atoms with E-state index in [0.717, 1.165) is 34.0 Å². The van der Waals surface area contributed by atoms with Crippen LogP contribution < -0.4 is 9.79 Å². The van der Waals surface area contributed by atoms with E-state index in [4.69, 9.17) is 0 Å². The van der Waals surface area contributed by atoms with Crippen molar-refractivity contribution < 1.29 is 9.36 Å². The van der Waals surface area contributed by atoms with Crippen molar-refractivity contribution in [2.45, 2.75) is 19.8 Å². The molecule has 0 saturated carbocycles. The Bertz CT molecular complexity index is 1740. The average Bonchev–Trinajstić information content (AvgIpc) is 3.37. The van der Waals surface area contributed by atoms with Crippen molar-refractivity contribution in [3.05, 3.63) is 95.2 Å². The van der Waals surface area contributed by atoms with E-state index in [0.29, 0.717) is 6.42 Å². The van der Waals surface area contributed by atoms with Crippen molar-refractivity contribution in [1.82, 2.24) is 4.57 Å². The summed E-state index contributed by atoms with van der Waals surface area (Å²) in [6.45, 7) is 2.06. The van der Waals surface area contributed by atoms with Gasteiger partial charge in [0.05, 0.1) is 11.2 Å². The number of benzene rings is 4. The molecule has 4 aromatic carbocycles. The van der Waals surface area contributed by atoms with Crippen LogP contribution in [0.1, 0.15) is 29.6 Å². The lowest BCUT2D eigenvalue weighted by Crippen LogP contribution is -2.29. The van der Waals surface area contributed by atoms with Crippen molar-refractivity contribution >= 4 is 55.2 Å². The van der Waals surface area contributed by atoms with E-state index >= 15 is 0 Å². The molecule has 0 aliphatic rings. The van der Waals surface area contributed by atoms with Crippen LogP contribution in [-0.4, -0.2) is 10.5 Å². The van der Waals surface area contributed by atoms with Crippen LogP contribution in [0.25, 0.3) is 49.2 Å². The van der Waals surface area contributed by atoms with Crippen molar-refractivity contribution in [2.75, 3.05) is 0 Å². The molecule has 0 spiro atoms. The van der Waals surface area contributed by atoms with Gasteiger partial charge in [-0.15, -0.1) is 0 Å². The molecule has 0 aliphatic heterocycles. The Hall–Kier alpha value is -3.76. The fourth-order valence-corrected chi connectivity index (χ4v) is 6.11. The predicted octanol–water partition coefficient (Wildman–Crippen LogP) is 6.49. The summed E-state index contributed by atoms with van der Waals surface area (Å²) < 4.78 is 5.47. The molecule has 4 heteroatoms. The standard InChI is InChI=1S/C30H25N2OS/c1-3-10-27(33)32-25-15-9-13-22-21(19-28-31(2)24-14-7-8-16-26(24)34-28)17-18-23(29(22)25)30(32)20-11-5-4-6-12-20/h4-9,11-19H,3,10H2,1-2H3/q+1. The number of para-hydroxylation sites is 1. The topological polar surface area (TPSA) is 25.9 Å². The minimum Gasteiger partial charge on any atom is -0.279 e. The molecule has 2 aromatic heterocycles. The highest BCUT2D eigenvalue weighted by atomic mass is 32.1. The molecule has 34 heavy (non-hydrogen) atoms. The lowest BCUT2D eigenvalue weighted by Gasteiger charge is -2.09. The summed E-state index contributed by atoms with van der Waals surface area (Å²) in [5.74, 6) is 0.145. The maximum Gasteiger partial charge on any atom is 0.263 e. The van der Waals surface area contributed by atoms with Crippen LogP contribution in [0, 0.1) is 0 Å². The highest BCUT2D eigenvalue weighted by molar-refractivity contribution is 7.18. The van der Waals surface area contributed by atoms with E-state index in [1.807, 2.05) is 22.8 Å². The van der Waals surface area contributed by atoms with Gasteiger partial charge in [0.25, 0.3) is 5.01 Å². The minimum absolute atomic E-state index is 0.145. The summed E-state index contributed by atoms with van der Waals surface area (Å²) in [5, 5.41) is 5.82. The second-order valence-electron chi connectivity index (χ2n) is 8.71. The van der Waals surface area contributed by atoms with E-state index in [1.54, 1.807) is 11.3 Å². The fourth-order valence-electron chi connectivity index (χ4n) is 5.01. The van der Waals surface area contributed by atoms with Gasteiger partial charge >= 0.3 is 0 Å². The molecular formula is C30H25N2OS+. The van der Waals surface area contributed by atoms with Crippen LogP contribution in [0.5, 0.6) is 0 Å². The minimum atomic E-state index is 0.145. The molecule has 0 N–H and O–H groups in total. The number of aromatic nitrogens is 2. The van der Waals surface area contributed by atoms with Crippen LogP contribution in [0.2, 0.25) is 0 Å². The number of hydrogen-bond donors (Lipinski definition) is 0. The smallest absolute Gasteiger partial charge is 0.263 e. The van der Waals surface area contributed by atoms with Crippen LogP contribution >= 0.6 is 11.3 Å². The Balaban J connectivity index is 1.68. The average molecular weight is 462 g/mol. The molecule has 0 saturated heterocycles. The molecule has 0 fully saturated rings. The van der Waals surface area contributed by atoms with Crippen molar-refractivity contribution in [3.8, 4) is 11.3 Å². The third-order valence-electron chi connectivity index (χ3n) is 6.58. The summed E-state index contributed by atoms with van der Waals surface area (Å²) in [7, 11) is 2.12. The lowest BCUT2D eigenvalue weighted by atomic mass is 10.0. The highest BCUT2D eigenvalue weighted by Crippen LogP contribution is 2.37. The first-order chi connectivity index (χ1) is 16.7. The van der Waals surface area contributed by atoms with Crippen molar-refractivity contribution in [3.63, 3.8) is 0 Å². The monoisotopic (exact) mass is 461 g/mol. The number of thiazole rings is 1. The molecule has 6 aromatic rings. The van der Waals surface area contributed by atoms with Gasteiger partial charge < -0.3 is 0 Å². The zero-order valence-electron chi connectivity index (χ0n) is 19.3. The molecule has 0 radical (unpaired) electrons. The first-order valence-electron chi connectivity index (χ1n) is 11.7. The molecular weight excluding hydrogens is 436 g/mol. The van der Waals surface area contributed by atoms with E-state index in [2.05, 4.69) is 91.3 Å². The Labute approximate surface area is 202 Å². The molecule has 6 rings (SSSR count). The molecule has 0 bridgehead atoms. The van der Waals surface area contributed by atoms with Gasteiger partial charge in [-0.25, -0.2) is 0 Å². The number of aryl methyl sites for hydroxylation is 1. The Kier molecular flexibility index (Phi) is 5.04. The number of nitrogens with zero attached hydrogens (tertiary/aromatic N) is 2. The Morgan fingerprint density at radius 1 is 0.912 bits per heavy atom. The molecule has 0 atom stereocenters. The highest BCUT2D eigenvalue weighted by Gasteiger charge is 2.22. The van der Waals surface area contributed by atoms with Gasteiger partial charge in [0.1, 0.15) is 11.7 Å². The Morgan fingerprint density at radius 3 is 2.50 bits per heavy atom. The number of rotatable bonds is 4. The van der Waals surface area contributed by atoms with Gasteiger partial charge in [0, 0.05) is 29.3 Å². The van der Waals surface area contributed by atoms with Crippen LogP contribution in [0.4, 0.5) is 0 Å². The Morgan fingerprint density at radius 2 is 1.71 bits per heavy atom. The second-order valence-corrected chi connectivity index (χ2v) is 9.77. The number of hydrogen-bond acceptors (Lipinski definition) is 2. The number of carbonyl (C=O) groups is 1. The van der Waals surface area contributed by atoms with Gasteiger partial charge in [-0.1, -0.05) is 85.0 Å². The fraction of sp³-hybridized carbons (Fsp3) is 0.133. The molecule has 2 heterocycles. The molecule has 0 unspecified atom stereocenters. The largest absolute Gasteiger partial charge is 0.279 e. The lowest BCUT2D eigenvalue weighted by molar-refractivity contribution is -0.642. The summed E-state index contributed by atoms with van der Waals surface area (Å²) >= 11 is 1.80. The third-order valence-corrected chi connectivity index (χ3v) is 7.75. The van der Waals surface area contributed by atoms with Gasteiger partial charge in [-0.3, -0.25) is 9.36 Å². The van der Waals surface area contributed by atoms with Crippen LogP contribution in [0.3, 0.4) is 0 Å². The maximum atomic E-state index is 13.4. The zero-order chi connectivity index (χ0) is 23.2. The van der Waals surface area contributed by atoms with Crippen LogP contribution in [0.15, 0.2) is 84.9 Å². The summed E-state index contributed by atoms with van der Waals surface area (Å²) in [5.41, 5.74) is 4.28. The molecule has 166 valence electrons. The van der Waals surface area contributed by atoms with E-state index in [1.165, 1.54) is 25.8 Å². The third kappa shape index (κ3) is 3.17. The van der Waals surface area contributed by atoms with Crippen LogP contribution in [-0.2, 0) is 7.05 Å². The van der Waals surface area contributed by atoms with E-state index in [-0.39, 0.29) is 5.91 Å².